The van der Waals surface area contributed by atoms with Gasteiger partial charge in [-0.2, -0.15) is 15.8 Å². The van der Waals surface area contributed by atoms with Crippen molar-refractivity contribution in [3.8, 4) is 18.2 Å². The molecule has 2 aromatic rings. The minimum Gasteiger partial charge on any atom is -0.443 e. The molecule has 2 aromatic carbocycles. The fourth-order valence-corrected chi connectivity index (χ4v) is 4.78. The SMILES string of the molecule is CC1C2(c3ccc(Br)cc3)OC(=N)C1(C#N)C(C#N)(C#N)C(c1cccc(F)c1)O2. The third-order valence-electron chi connectivity index (χ3n) is 6.07. The molecule has 0 radical (unpaired) electrons. The lowest BCUT2D eigenvalue weighted by atomic mass is 9.53. The molecule has 2 fully saturated rings. The van der Waals surface area contributed by atoms with Crippen LogP contribution in [0.1, 0.15) is 24.2 Å². The van der Waals surface area contributed by atoms with Gasteiger partial charge in [0, 0.05) is 10.0 Å². The van der Waals surface area contributed by atoms with E-state index in [1.807, 2.05) is 18.2 Å². The lowest BCUT2D eigenvalue weighted by molar-refractivity contribution is -0.288. The second kappa shape index (κ2) is 6.64. The maximum absolute atomic E-state index is 14.0. The molecule has 2 aliphatic rings. The van der Waals surface area contributed by atoms with Crippen molar-refractivity contribution < 1.29 is 13.9 Å². The van der Waals surface area contributed by atoms with Crippen LogP contribution in [0.3, 0.4) is 0 Å². The van der Waals surface area contributed by atoms with Gasteiger partial charge < -0.3 is 9.47 Å². The average Bonchev–Trinajstić information content (AvgIpc) is 2.90. The molecule has 1 N–H and O–H groups in total. The van der Waals surface area contributed by atoms with Gasteiger partial charge >= 0.3 is 0 Å². The third kappa shape index (κ3) is 2.25. The van der Waals surface area contributed by atoms with Crippen LogP contribution in [-0.2, 0) is 15.3 Å². The van der Waals surface area contributed by atoms with Crippen LogP contribution in [0.4, 0.5) is 4.39 Å². The smallest absolute Gasteiger partial charge is 0.244 e. The van der Waals surface area contributed by atoms with E-state index < -0.39 is 40.4 Å². The molecule has 8 heteroatoms. The van der Waals surface area contributed by atoms with Crippen LogP contribution in [0.15, 0.2) is 53.0 Å². The Kier molecular flexibility index (Phi) is 4.43. The van der Waals surface area contributed by atoms with Crippen molar-refractivity contribution in [3.05, 3.63) is 69.9 Å². The fourth-order valence-electron chi connectivity index (χ4n) is 4.52. The van der Waals surface area contributed by atoms with E-state index in [0.717, 1.165) is 10.5 Å². The highest BCUT2D eigenvalue weighted by Crippen LogP contribution is 2.68. The highest BCUT2D eigenvalue weighted by molar-refractivity contribution is 9.10. The highest BCUT2D eigenvalue weighted by Gasteiger charge is 2.79. The van der Waals surface area contributed by atoms with Gasteiger partial charge in [-0.25, -0.2) is 4.39 Å². The first-order valence-electron chi connectivity index (χ1n) is 9.02. The van der Waals surface area contributed by atoms with Crippen LogP contribution in [0.25, 0.3) is 0 Å². The summed E-state index contributed by atoms with van der Waals surface area (Å²) in [6, 6.07) is 18.2. The number of nitrogens with zero attached hydrogens (tertiary/aromatic N) is 3. The van der Waals surface area contributed by atoms with Gasteiger partial charge in [-0.3, -0.25) is 5.41 Å². The number of hydrogen-bond acceptors (Lipinski definition) is 6. The average molecular weight is 465 g/mol. The molecule has 0 aromatic heterocycles. The van der Waals surface area contributed by atoms with Crippen molar-refractivity contribution in [1.82, 2.24) is 0 Å². The van der Waals surface area contributed by atoms with Gasteiger partial charge in [-0.1, -0.05) is 47.1 Å². The first kappa shape index (κ1) is 20.0. The molecule has 30 heavy (non-hydrogen) atoms. The Morgan fingerprint density at radius 2 is 1.73 bits per heavy atom. The number of halogens is 2. The van der Waals surface area contributed by atoms with Crippen molar-refractivity contribution >= 4 is 21.8 Å². The van der Waals surface area contributed by atoms with Crippen LogP contribution < -0.4 is 0 Å². The Hall–Kier alpha value is -3.25. The number of nitriles is 3. The number of benzene rings is 2. The van der Waals surface area contributed by atoms with Gasteiger partial charge in [0.2, 0.25) is 17.1 Å². The molecule has 2 heterocycles. The first-order valence-corrected chi connectivity index (χ1v) is 9.81. The number of ether oxygens (including phenoxy) is 2. The molecule has 6 nitrogen and oxygen atoms in total. The van der Waals surface area contributed by atoms with Crippen molar-refractivity contribution in [1.29, 1.82) is 21.2 Å². The topological polar surface area (TPSA) is 114 Å². The summed E-state index contributed by atoms with van der Waals surface area (Å²) in [7, 11) is 0. The zero-order chi connectivity index (χ0) is 21.7. The van der Waals surface area contributed by atoms with Crippen LogP contribution >= 0.6 is 15.9 Å². The second-order valence-electron chi connectivity index (χ2n) is 7.33. The maximum atomic E-state index is 14.0. The third-order valence-corrected chi connectivity index (χ3v) is 6.60. The Labute approximate surface area is 180 Å². The van der Waals surface area contributed by atoms with E-state index in [-0.39, 0.29) is 5.56 Å². The molecule has 2 bridgehead atoms. The van der Waals surface area contributed by atoms with E-state index >= 15 is 0 Å². The molecule has 0 spiro atoms. The largest absolute Gasteiger partial charge is 0.443 e. The van der Waals surface area contributed by atoms with Crippen molar-refractivity contribution in [2.75, 3.05) is 0 Å². The summed E-state index contributed by atoms with van der Waals surface area (Å²) in [5.41, 5.74) is -3.31. The normalized spacial score (nSPS) is 31.1. The summed E-state index contributed by atoms with van der Waals surface area (Å²) in [5.74, 6) is -3.55. The minimum absolute atomic E-state index is 0.212. The predicted molar refractivity (Wildman–Crippen MR) is 106 cm³/mol. The zero-order valence-corrected chi connectivity index (χ0v) is 17.3. The molecule has 4 rings (SSSR count). The molecule has 0 saturated carbocycles. The quantitative estimate of drug-likeness (QED) is 0.691. The summed E-state index contributed by atoms with van der Waals surface area (Å²) in [5, 5.41) is 39.0. The van der Waals surface area contributed by atoms with Gasteiger partial charge in [-0.15, -0.1) is 0 Å². The van der Waals surface area contributed by atoms with E-state index in [1.54, 1.807) is 31.2 Å². The Morgan fingerprint density at radius 3 is 2.30 bits per heavy atom. The summed E-state index contributed by atoms with van der Waals surface area (Å²) in [6.45, 7) is 1.62. The van der Waals surface area contributed by atoms with Gasteiger partial charge in [0.1, 0.15) is 11.9 Å². The summed E-state index contributed by atoms with van der Waals surface area (Å²) >= 11 is 3.36. The molecule has 2 saturated heterocycles. The summed E-state index contributed by atoms with van der Waals surface area (Å²) < 4.78 is 27.0. The van der Waals surface area contributed by atoms with Gasteiger partial charge in [0.05, 0.1) is 24.1 Å². The van der Waals surface area contributed by atoms with E-state index in [2.05, 4.69) is 15.9 Å². The van der Waals surface area contributed by atoms with E-state index in [0.29, 0.717) is 5.56 Å². The van der Waals surface area contributed by atoms with Gasteiger partial charge in [-0.05, 0) is 29.8 Å². The second-order valence-corrected chi connectivity index (χ2v) is 8.25. The Morgan fingerprint density at radius 1 is 1.07 bits per heavy atom. The first-order chi connectivity index (χ1) is 14.3. The lowest BCUT2D eigenvalue weighted by Crippen LogP contribution is -2.57. The van der Waals surface area contributed by atoms with E-state index in [9.17, 15) is 20.2 Å². The highest BCUT2D eigenvalue weighted by atomic mass is 79.9. The van der Waals surface area contributed by atoms with E-state index in [1.165, 1.54) is 18.2 Å². The predicted octanol–water partition coefficient (Wildman–Crippen LogP) is 4.70. The maximum Gasteiger partial charge on any atom is 0.244 e. The fraction of sp³-hybridized carbons (Fsp3) is 0.273. The summed E-state index contributed by atoms with van der Waals surface area (Å²) in [6.07, 6.45) is -1.33. The molecule has 0 aliphatic carbocycles. The van der Waals surface area contributed by atoms with Crippen molar-refractivity contribution in [3.63, 3.8) is 0 Å². The number of fused-ring (bicyclic) bond motifs is 2. The Bertz CT molecular complexity index is 1170. The molecule has 4 atom stereocenters. The standard InChI is InChI=1S/C22H14BrFN4O2/c1-13-21(12-27)19(28)30-22(13,15-5-7-16(23)8-6-15)29-18(20(21,10-25)11-26)14-3-2-4-17(24)9-14/h2-9,13,18,28H,1H3. The molecular formula is C22H14BrFN4O2. The van der Waals surface area contributed by atoms with Gasteiger partial charge in [0.15, 0.2) is 5.41 Å². The molecule has 4 unspecified atom stereocenters. The van der Waals surface area contributed by atoms with Crippen LogP contribution in [0.5, 0.6) is 0 Å². The zero-order valence-electron chi connectivity index (χ0n) is 15.7. The van der Waals surface area contributed by atoms with Crippen LogP contribution in [0, 0.1) is 62.0 Å². The molecular weight excluding hydrogens is 451 g/mol. The number of hydrogen-bond donors (Lipinski definition) is 1. The number of nitrogens with one attached hydrogen (secondary N) is 1. The van der Waals surface area contributed by atoms with Crippen LogP contribution in [0.2, 0.25) is 0 Å². The lowest BCUT2D eigenvalue weighted by Gasteiger charge is -2.48. The van der Waals surface area contributed by atoms with Crippen LogP contribution in [-0.4, -0.2) is 5.90 Å². The molecule has 2 aliphatic heterocycles. The molecule has 0 amide bonds. The summed E-state index contributed by atoms with van der Waals surface area (Å²) in [4.78, 5) is 0. The van der Waals surface area contributed by atoms with Gasteiger partial charge in [0.25, 0.3) is 0 Å². The van der Waals surface area contributed by atoms with Crippen molar-refractivity contribution in [2.24, 2.45) is 16.7 Å². The minimum atomic E-state index is -2.12. The Balaban J connectivity index is 2.04. The van der Waals surface area contributed by atoms with Crippen molar-refractivity contribution in [2.45, 2.75) is 18.8 Å². The monoisotopic (exact) mass is 464 g/mol. The molecule has 148 valence electrons. The number of rotatable bonds is 2. The van der Waals surface area contributed by atoms with E-state index in [4.69, 9.17) is 14.9 Å².